The van der Waals surface area contributed by atoms with Gasteiger partial charge in [-0.3, -0.25) is 4.90 Å². The van der Waals surface area contributed by atoms with Gasteiger partial charge in [0.25, 0.3) is 0 Å². The van der Waals surface area contributed by atoms with Crippen molar-refractivity contribution in [3.63, 3.8) is 0 Å². The lowest BCUT2D eigenvalue weighted by atomic mass is 10.1. The van der Waals surface area contributed by atoms with E-state index in [4.69, 9.17) is 9.47 Å². The van der Waals surface area contributed by atoms with E-state index < -0.39 is 0 Å². The van der Waals surface area contributed by atoms with Crippen LogP contribution in [0.5, 0.6) is 11.6 Å². The Morgan fingerprint density at radius 2 is 1.78 bits per heavy atom. The molecule has 4 rings (SSSR count). The molecule has 0 amide bonds. The van der Waals surface area contributed by atoms with Gasteiger partial charge >= 0.3 is 0 Å². The van der Waals surface area contributed by atoms with E-state index in [1.807, 2.05) is 13.1 Å². The fraction of sp³-hybridized carbons (Fsp3) is 0.364. The van der Waals surface area contributed by atoms with Crippen LogP contribution in [0, 0.1) is 5.82 Å². The van der Waals surface area contributed by atoms with E-state index in [0.29, 0.717) is 5.75 Å². The number of fused-ring (bicyclic) bond motifs is 1. The smallest absolute Gasteiger partial charge is 0.204 e. The molecule has 0 unspecified atom stereocenters. The highest BCUT2D eigenvalue weighted by molar-refractivity contribution is 5.87. The van der Waals surface area contributed by atoms with Crippen molar-refractivity contribution in [1.82, 2.24) is 9.47 Å². The Morgan fingerprint density at radius 3 is 2.56 bits per heavy atom. The Balaban J connectivity index is 1.58. The third-order valence-corrected chi connectivity index (χ3v) is 5.19. The highest BCUT2D eigenvalue weighted by atomic mass is 19.1. The van der Waals surface area contributed by atoms with Gasteiger partial charge in [0, 0.05) is 31.1 Å². The zero-order valence-electron chi connectivity index (χ0n) is 15.7. The van der Waals surface area contributed by atoms with Crippen molar-refractivity contribution >= 4 is 10.9 Å². The molecule has 0 atom stereocenters. The predicted molar refractivity (Wildman–Crippen MR) is 105 cm³/mol. The first-order valence-electron chi connectivity index (χ1n) is 9.52. The summed E-state index contributed by atoms with van der Waals surface area (Å²) in [6.07, 6.45) is 2.00. The number of morpholine rings is 1. The molecule has 0 saturated carbocycles. The molecule has 4 nitrogen and oxygen atoms in total. The summed E-state index contributed by atoms with van der Waals surface area (Å²) in [4.78, 5) is 2.45. The third-order valence-electron chi connectivity index (χ3n) is 5.19. The summed E-state index contributed by atoms with van der Waals surface area (Å²) in [5.41, 5.74) is 2.36. The van der Waals surface area contributed by atoms with Crippen molar-refractivity contribution in [2.24, 2.45) is 7.05 Å². The van der Waals surface area contributed by atoms with E-state index in [0.717, 1.165) is 57.1 Å². The summed E-state index contributed by atoms with van der Waals surface area (Å²) in [7, 11) is 2.02. The zero-order valence-corrected chi connectivity index (χ0v) is 15.7. The van der Waals surface area contributed by atoms with E-state index in [1.165, 1.54) is 23.1 Å². The van der Waals surface area contributed by atoms with E-state index in [1.54, 1.807) is 12.1 Å². The Bertz CT molecular complexity index is 899. The van der Waals surface area contributed by atoms with Crippen molar-refractivity contribution < 1.29 is 13.9 Å². The minimum Gasteiger partial charge on any atom is -0.441 e. The topological polar surface area (TPSA) is 26.6 Å². The highest BCUT2D eigenvalue weighted by Crippen LogP contribution is 2.35. The zero-order chi connectivity index (χ0) is 18.6. The molecule has 0 spiro atoms. The largest absolute Gasteiger partial charge is 0.441 e. The van der Waals surface area contributed by atoms with Crippen molar-refractivity contribution in [3.05, 3.63) is 59.9 Å². The van der Waals surface area contributed by atoms with Gasteiger partial charge in [-0.2, -0.15) is 0 Å². The molecular formula is C22H25FN2O2. The predicted octanol–water partition coefficient (Wildman–Crippen LogP) is 4.37. The van der Waals surface area contributed by atoms with Crippen LogP contribution in [-0.4, -0.2) is 42.3 Å². The number of benzene rings is 2. The Hall–Kier alpha value is -2.37. The summed E-state index contributed by atoms with van der Waals surface area (Å²) in [6.45, 7) is 4.73. The standard InChI is InChI=1S/C22H25FN2O2/c1-24-21-7-3-2-5-19(21)20(6-4-12-25-13-15-26-16-14-25)22(24)27-18-10-8-17(23)9-11-18/h2-3,5,7-11H,4,6,12-16H2,1H3. The maximum absolute atomic E-state index is 13.2. The molecule has 0 N–H and O–H groups in total. The van der Waals surface area contributed by atoms with E-state index >= 15 is 0 Å². The second-order valence-corrected chi connectivity index (χ2v) is 6.97. The van der Waals surface area contributed by atoms with E-state index in [9.17, 15) is 4.39 Å². The molecule has 1 aromatic heterocycles. The molecule has 5 heteroatoms. The molecule has 0 bridgehead atoms. The number of hydrogen-bond donors (Lipinski definition) is 0. The first-order chi connectivity index (χ1) is 13.2. The van der Waals surface area contributed by atoms with Crippen LogP contribution in [0.25, 0.3) is 10.9 Å². The first-order valence-corrected chi connectivity index (χ1v) is 9.52. The number of ether oxygens (including phenoxy) is 2. The average Bonchev–Trinajstić information content (AvgIpc) is 2.97. The Morgan fingerprint density at radius 1 is 1.04 bits per heavy atom. The van der Waals surface area contributed by atoms with Crippen LogP contribution < -0.4 is 4.74 Å². The molecule has 1 aliphatic heterocycles. The van der Waals surface area contributed by atoms with Crippen LogP contribution in [0.1, 0.15) is 12.0 Å². The molecule has 0 aliphatic carbocycles. The van der Waals surface area contributed by atoms with Crippen LogP contribution in [0.15, 0.2) is 48.5 Å². The van der Waals surface area contributed by atoms with Gasteiger partial charge in [-0.1, -0.05) is 18.2 Å². The molecule has 3 aromatic rings. The van der Waals surface area contributed by atoms with Crippen LogP contribution in [0.4, 0.5) is 4.39 Å². The number of nitrogens with zero attached hydrogens (tertiary/aromatic N) is 2. The summed E-state index contributed by atoms with van der Waals surface area (Å²) in [5, 5.41) is 1.22. The van der Waals surface area contributed by atoms with Gasteiger partial charge in [-0.15, -0.1) is 0 Å². The minimum absolute atomic E-state index is 0.259. The normalized spacial score (nSPS) is 15.3. The average molecular weight is 368 g/mol. The molecule has 2 aromatic carbocycles. The highest BCUT2D eigenvalue weighted by Gasteiger charge is 2.18. The van der Waals surface area contributed by atoms with Gasteiger partial charge in [-0.25, -0.2) is 4.39 Å². The van der Waals surface area contributed by atoms with Crippen LogP contribution >= 0.6 is 0 Å². The Kier molecular flexibility index (Phi) is 5.41. The molecule has 1 saturated heterocycles. The van der Waals surface area contributed by atoms with Crippen LogP contribution in [-0.2, 0) is 18.2 Å². The van der Waals surface area contributed by atoms with Gasteiger partial charge in [0.15, 0.2) is 0 Å². The molecule has 0 radical (unpaired) electrons. The van der Waals surface area contributed by atoms with Crippen LogP contribution in [0.3, 0.4) is 0 Å². The SMILES string of the molecule is Cn1c(Oc2ccc(F)cc2)c(CCCN2CCOCC2)c2ccccc21. The second-order valence-electron chi connectivity index (χ2n) is 6.97. The fourth-order valence-electron chi connectivity index (χ4n) is 3.74. The summed E-state index contributed by atoms with van der Waals surface area (Å²) in [6, 6.07) is 14.6. The van der Waals surface area contributed by atoms with Crippen molar-refractivity contribution in [3.8, 4) is 11.6 Å². The minimum atomic E-state index is -0.259. The summed E-state index contributed by atoms with van der Waals surface area (Å²) < 4.78 is 26.9. The van der Waals surface area contributed by atoms with Gasteiger partial charge in [0.2, 0.25) is 5.88 Å². The number of halogens is 1. The van der Waals surface area contributed by atoms with Crippen molar-refractivity contribution in [2.75, 3.05) is 32.8 Å². The van der Waals surface area contributed by atoms with Gasteiger partial charge < -0.3 is 14.0 Å². The number of aromatic nitrogens is 1. The molecule has 1 fully saturated rings. The molecule has 2 heterocycles. The van der Waals surface area contributed by atoms with Gasteiger partial charge in [0.05, 0.1) is 18.7 Å². The molecule has 1 aliphatic rings. The molecule has 27 heavy (non-hydrogen) atoms. The van der Waals surface area contributed by atoms with Crippen molar-refractivity contribution in [1.29, 1.82) is 0 Å². The summed E-state index contributed by atoms with van der Waals surface area (Å²) >= 11 is 0. The maximum Gasteiger partial charge on any atom is 0.204 e. The number of hydrogen-bond acceptors (Lipinski definition) is 3. The molecule has 142 valence electrons. The van der Waals surface area contributed by atoms with E-state index in [-0.39, 0.29) is 5.82 Å². The lowest BCUT2D eigenvalue weighted by Crippen LogP contribution is -2.36. The van der Waals surface area contributed by atoms with Crippen LogP contribution in [0.2, 0.25) is 0 Å². The quantitative estimate of drug-likeness (QED) is 0.646. The fourth-order valence-corrected chi connectivity index (χ4v) is 3.74. The molecular weight excluding hydrogens is 343 g/mol. The monoisotopic (exact) mass is 368 g/mol. The first kappa shape index (κ1) is 18.0. The van der Waals surface area contributed by atoms with E-state index in [2.05, 4.69) is 27.7 Å². The number of para-hydroxylation sites is 1. The Labute approximate surface area is 159 Å². The van der Waals surface area contributed by atoms with Crippen molar-refractivity contribution in [2.45, 2.75) is 12.8 Å². The van der Waals surface area contributed by atoms with Gasteiger partial charge in [-0.05, 0) is 49.7 Å². The lowest BCUT2D eigenvalue weighted by Gasteiger charge is -2.26. The number of rotatable bonds is 6. The summed E-state index contributed by atoms with van der Waals surface area (Å²) in [5.74, 6) is 1.23. The maximum atomic E-state index is 13.2. The number of aryl methyl sites for hydroxylation is 2. The second kappa shape index (κ2) is 8.11. The van der Waals surface area contributed by atoms with Gasteiger partial charge in [0.1, 0.15) is 11.6 Å². The lowest BCUT2D eigenvalue weighted by molar-refractivity contribution is 0.0374. The third kappa shape index (κ3) is 3.99.